The molecule has 0 saturated carbocycles. The number of hydrogen-bond acceptors (Lipinski definition) is 1. The summed E-state index contributed by atoms with van der Waals surface area (Å²) in [4.78, 5) is 1.37. The molecule has 0 aromatic heterocycles. The van der Waals surface area contributed by atoms with Gasteiger partial charge in [-0.3, -0.25) is 0 Å². The molecule has 0 fully saturated rings. The third-order valence-electron chi connectivity index (χ3n) is 4.72. The fraction of sp³-hybridized carbons (Fsp3) is 0.0833. The van der Waals surface area contributed by atoms with Gasteiger partial charge in [-0.1, -0.05) is 0 Å². The number of fused-ring (bicyclic) bond motifs is 1. The standard InChI is InChI=1S/C24H21PSSe/c1-2-26-23-18-10-12-19-11-9-17-22(24(19)23)25(27,20-13-5-3-6-14-20)21-15-7-4-8-16-21/h3-18H,2H2,1H3. The predicted octanol–water partition coefficient (Wildman–Crippen LogP) is 5.33. The Balaban J connectivity index is 2.10. The zero-order chi connectivity index (χ0) is 18.7. The average Bonchev–Trinajstić information content (AvgIpc) is 2.74. The Kier molecular flexibility index (Phi) is 5.71. The van der Waals surface area contributed by atoms with Crippen molar-refractivity contribution in [3.8, 4) is 0 Å². The molecular weight excluding hydrogens is 430 g/mol. The first-order valence-corrected chi connectivity index (χ1v) is 14.1. The monoisotopic (exact) mass is 452 g/mol. The van der Waals surface area contributed by atoms with Crippen LogP contribution in [0.2, 0.25) is 0 Å². The Morgan fingerprint density at radius 1 is 0.704 bits per heavy atom. The van der Waals surface area contributed by atoms with Crippen LogP contribution >= 0.6 is 17.3 Å². The number of thioether (sulfide) groups is 1. The molecule has 0 spiro atoms. The third-order valence-corrected chi connectivity index (χ3v) is 12.7. The minimum atomic E-state index is -1.86. The molecule has 0 unspecified atom stereocenters. The molecule has 0 radical (unpaired) electrons. The second kappa shape index (κ2) is 8.21. The Hall–Kier alpha value is -1.56. The predicted molar refractivity (Wildman–Crippen MR) is 125 cm³/mol. The van der Waals surface area contributed by atoms with Gasteiger partial charge in [0.05, 0.1) is 0 Å². The van der Waals surface area contributed by atoms with Crippen molar-refractivity contribution in [2.24, 2.45) is 0 Å². The van der Waals surface area contributed by atoms with Crippen LogP contribution in [-0.4, -0.2) is 20.9 Å². The number of hydrogen-bond donors (Lipinski definition) is 0. The maximum absolute atomic E-state index is 3.70. The van der Waals surface area contributed by atoms with Gasteiger partial charge >= 0.3 is 174 Å². The number of benzene rings is 4. The van der Waals surface area contributed by atoms with E-state index in [9.17, 15) is 0 Å². The molecule has 0 aliphatic heterocycles. The summed E-state index contributed by atoms with van der Waals surface area (Å²) < 4.78 is 0. The van der Waals surface area contributed by atoms with E-state index in [0.717, 1.165) is 5.75 Å². The molecule has 4 aromatic rings. The topological polar surface area (TPSA) is 0 Å². The Morgan fingerprint density at radius 3 is 1.81 bits per heavy atom. The molecule has 0 N–H and O–H groups in total. The van der Waals surface area contributed by atoms with E-state index in [0.29, 0.717) is 0 Å². The van der Waals surface area contributed by atoms with Crippen LogP contribution in [0.15, 0.2) is 102 Å². The molecule has 4 aromatic carbocycles. The van der Waals surface area contributed by atoms with Crippen LogP contribution in [0.25, 0.3) is 10.8 Å². The molecule has 0 heterocycles. The zero-order valence-electron chi connectivity index (χ0n) is 15.2. The molecule has 0 atom stereocenters. The molecule has 0 saturated heterocycles. The van der Waals surface area contributed by atoms with Gasteiger partial charge in [0.2, 0.25) is 0 Å². The van der Waals surface area contributed by atoms with E-state index in [1.165, 1.54) is 31.6 Å². The molecule has 134 valence electrons. The SMILES string of the molecule is CCSc1cccc2cccc(P(=[Se])(c3ccccc3)c3ccccc3)c12. The van der Waals surface area contributed by atoms with Gasteiger partial charge in [-0.15, -0.1) is 0 Å². The summed E-state index contributed by atoms with van der Waals surface area (Å²) in [6.45, 7) is 2.22. The van der Waals surface area contributed by atoms with Gasteiger partial charge < -0.3 is 0 Å². The fourth-order valence-electron chi connectivity index (χ4n) is 3.53. The van der Waals surface area contributed by atoms with Gasteiger partial charge in [0.1, 0.15) is 0 Å². The molecule has 27 heavy (non-hydrogen) atoms. The van der Waals surface area contributed by atoms with E-state index in [1.54, 1.807) is 0 Å². The summed E-state index contributed by atoms with van der Waals surface area (Å²) in [6, 6.07) is 35.3. The first-order chi connectivity index (χ1) is 13.2. The van der Waals surface area contributed by atoms with Crippen LogP contribution in [0.5, 0.6) is 0 Å². The van der Waals surface area contributed by atoms with Crippen molar-refractivity contribution < 1.29 is 0 Å². The van der Waals surface area contributed by atoms with Gasteiger partial charge in [-0.25, -0.2) is 0 Å². The summed E-state index contributed by atoms with van der Waals surface area (Å²) in [5.74, 6) is 1.07. The fourth-order valence-corrected chi connectivity index (χ4v) is 9.85. The van der Waals surface area contributed by atoms with Gasteiger partial charge in [-0.05, 0) is 0 Å². The molecular formula is C24H21PSSe. The summed E-state index contributed by atoms with van der Waals surface area (Å²) in [5.41, 5.74) is -1.86. The second-order valence-corrected chi connectivity index (χ2v) is 13.8. The van der Waals surface area contributed by atoms with E-state index < -0.39 is 5.51 Å². The minimum absolute atomic E-state index is 1.07. The summed E-state index contributed by atoms with van der Waals surface area (Å²) in [5, 5.41) is 6.89. The van der Waals surface area contributed by atoms with E-state index in [4.69, 9.17) is 0 Å². The van der Waals surface area contributed by atoms with Crippen molar-refractivity contribution in [2.45, 2.75) is 11.8 Å². The molecule has 0 bridgehead atoms. The van der Waals surface area contributed by atoms with Crippen molar-refractivity contribution in [1.29, 1.82) is 0 Å². The van der Waals surface area contributed by atoms with E-state index in [1.807, 2.05) is 11.8 Å². The Morgan fingerprint density at radius 2 is 1.26 bits per heavy atom. The van der Waals surface area contributed by atoms with Crippen molar-refractivity contribution in [3.63, 3.8) is 0 Å². The second-order valence-electron chi connectivity index (χ2n) is 6.34. The quantitative estimate of drug-likeness (QED) is 0.225. The first-order valence-electron chi connectivity index (χ1n) is 9.11. The van der Waals surface area contributed by atoms with Crippen LogP contribution < -0.4 is 15.9 Å². The zero-order valence-corrected chi connectivity index (χ0v) is 18.6. The van der Waals surface area contributed by atoms with Crippen LogP contribution in [-0.2, 0) is 0 Å². The van der Waals surface area contributed by atoms with Crippen molar-refractivity contribution in [1.82, 2.24) is 0 Å². The third kappa shape index (κ3) is 3.48. The number of rotatable bonds is 5. The molecule has 0 nitrogen and oxygen atoms in total. The Bertz CT molecular complexity index is 1060. The molecule has 0 amide bonds. The van der Waals surface area contributed by atoms with Gasteiger partial charge in [0.15, 0.2) is 0 Å². The molecule has 0 aliphatic carbocycles. The van der Waals surface area contributed by atoms with Crippen molar-refractivity contribution in [2.75, 3.05) is 5.75 Å². The van der Waals surface area contributed by atoms with E-state index in [2.05, 4.69) is 119 Å². The van der Waals surface area contributed by atoms with E-state index >= 15 is 0 Å². The molecule has 4 rings (SSSR count). The normalized spacial score (nSPS) is 11.6. The van der Waals surface area contributed by atoms with Crippen LogP contribution in [0, 0.1) is 0 Å². The van der Waals surface area contributed by atoms with Crippen molar-refractivity contribution >= 4 is 59.1 Å². The molecule has 3 heteroatoms. The van der Waals surface area contributed by atoms with E-state index in [-0.39, 0.29) is 0 Å². The van der Waals surface area contributed by atoms with Gasteiger partial charge in [0, 0.05) is 0 Å². The average molecular weight is 451 g/mol. The summed E-state index contributed by atoms with van der Waals surface area (Å²) in [7, 11) is 0. The van der Waals surface area contributed by atoms with Crippen LogP contribution in [0.4, 0.5) is 0 Å². The summed E-state index contributed by atoms with van der Waals surface area (Å²) in [6.07, 6.45) is 0. The van der Waals surface area contributed by atoms with Crippen molar-refractivity contribution in [3.05, 3.63) is 97.1 Å². The van der Waals surface area contributed by atoms with Gasteiger partial charge in [-0.2, -0.15) is 0 Å². The molecule has 0 aliphatic rings. The van der Waals surface area contributed by atoms with Crippen LogP contribution in [0.3, 0.4) is 0 Å². The first kappa shape index (κ1) is 18.8. The summed E-state index contributed by atoms with van der Waals surface area (Å²) >= 11 is 5.63. The van der Waals surface area contributed by atoms with Gasteiger partial charge in [0.25, 0.3) is 0 Å². The Labute approximate surface area is 173 Å². The van der Waals surface area contributed by atoms with Crippen LogP contribution in [0.1, 0.15) is 6.92 Å². The maximum atomic E-state index is 3.70.